The lowest BCUT2D eigenvalue weighted by atomic mass is 10.2. The van der Waals surface area contributed by atoms with Crippen LogP contribution in [-0.4, -0.2) is 31.8 Å². The lowest BCUT2D eigenvalue weighted by Crippen LogP contribution is -2.27. The van der Waals surface area contributed by atoms with Gasteiger partial charge in [-0.25, -0.2) is 0 Å². The third-order valence-corrected chi connectivity index (χ3v) is 3.31. The van der Waals surface area contributed by atoms with Gasteiger partial charge in [-0.15, -0.1) is 0 Å². The maximum atomic E-state index is 11.7. The molecule has 0 spiro atoms. The molecule has 0 aliphatic carbocycles. The standard InChI is InChI=1S/C12H19N5OS/c1-4-6-8-10-11(16(3)15-8)17(12(19)14-10)7-9(18)13-5-2/h4-7H2,1-3H3,(H,13,18)(H,14,19). The van der Waals surface area contributed by atoms with Gasteiger partial charge in [0.2, 0.25) is 5.91 Å². The highest BCUT2D eigenvalue weighted by atomic mass is 32.1. The molecule has 2 N–H and O–H groups in total. The van der Waals surface area contributed by atoms with Gasteiger partial charge < -0.3 is 10.3 Å². The first-order valence-corrected chi connectivity index (χ1v) is 6.90. The largest absolute Gasteiger partial charge is 0.355 e. The number of carbonyl (C=O) groups is 1. The number of likely N-dealkylation sites (N-methyl/N-ethyl adjacent to an activating group) is 1. The summed E-state index contributed by atoms with van der Waals surface area (Å²) in [6, 6.07) is 0. The van der Waals surface area contributed by atoms with Crippen LogP contribution < -0.4 is 5.32 Å². The van der Waals surface area contributed by atoms with Crippen LogP contribution >= 0.6 is 12.2 Å². The second-order valence-electron chi connectivity index (χ2n) is 4.49. The van der Waals surface area contributed by atoms with E-state index in [0.29, 0.717) is 11.3 Å². The van der Waals surface area contributed by atoms with Crippen molar-refractivity contribution in [2.24, 2.45) is 7.05 Å². The Morgan fingerprint density at radius 3 is 2.84 bits per heavy atom. The molecule has 1 amide bonds. The minimum Gasteiger partial charge on any atom is -0.355 e. The normalized spacial score (nSPS) is 11.1. The number of nitrogens with one attached hydrogen (secondary N) is 2. The van der Waals surface area contributed by atoms with E-state index in [1.54, 1.807) is 9.25 Å². The number of H-pyrrole nitrogens is 1. The van der Waals surface area contributed by atoms with Crippen LogP contribution in [0.3, 0.4) is 0 Å². The fourth-order valence-electron chi connectivity index (χ4n) is 2.23. The van der Waals surface area contributed by atoms with E-state index in [2.05, 4.69) is 22.3 Å². The van der Waals surface area contributed by atoms with E-state index in [-0.39, 0.29) is 12.5 Å². The molecule has 0 aliphatic rings. The minimum atomic E-state index is -0.0438. The monoisotopic (exact) mass is 281 g/mol. The SMILES string of the molecule is CCCc1nn(C)c2c1[nH]c(=S)n2CC(=O)NCC. The summed E-state index contributed by atoms with van der Waals surface area (Å²) in [5.74, 6) is -0.0438. The summed E-state index contributed by atoms with van der Waals surface area (Å²) in [5.41, 5.74) is 2.82. The third kappa shape index (κ3) is 2.56. The molecule has 2 aromatic rings. The van der Waals surface area contributed by atoms with Gasteiger partial charge in [-0.1, -0.05) is 13.3 Å². The van der Waals surface area contributed by atoms with Crippen LogP contribution in [0.5, 0.6) is 0 Å². The van der Waals surface area contributed by atoms with E-state index in [4.69, 9.17) is 12.2 Å². The molecule has 19 heavy (non-hydrogen) atoms. The lowest BCUT2D eigenvalue weighted by molar-refractivity contribution is -0.121. The number of carbonyl (C=O) groups excluding carboxylic acids is 1. The van der Waals surface area contributed by atoms with E-state index in [1.165, 1.54) is 0 Å². The number of aryl methyl sites for hydroxylation is 2. The molecule has 7 heteroatoms. The number of aromatic nitrogens is 4. The fourth-order valence-corrected chi connectivity index (χ4v) is 2.49. The molecule has 0 bridgehead atoms. The van der Waals surface area contributed by atoms with Crippen molar-refractivity contribution in [3.8, 4) is 0 Å². The number of rotatable bonds is 5. The van der Waals surface area contributed by atoms with Crippen molar-refractivity contribution in [1.82, 2.24) is 24.6 Å². The number of fused-ring (bicyclic) bond motifs is 1. The zero-order valence-electron chi connectivity index (χ0n) is 11.5. The Bertz CT molecular complexity index is 651. The molecule has 0 atom stereocenters. The van der Waals surface area contributed by atoms with E-state index < -0.39 is 0 Å². The smallest absolute Gasteiger partial charge is 0.240 e. The van der Waals surface area contributed by atoms with Crippen molar-refractivity contribution in [3.05, 3.63) is 10.5 Å². The molecular weight excluding hydrogens is 262 g/mol. The van der Waals surface area contributed by atoms with Crippen molar-refractivity contribution < 1.29 is 4.79 Å². The Kier molecular flexibility index (Phi) is 4.04. The maximum Gasteiger partial charge on any atom is 0.240 e. The molecule has 0 aliphatic heterocycles. The average molecular weight is 281 g/mol. The first-order chi connectivity index (χ1) is 9.08. The highest BCUT2D eigenvalue weighted by Gasteiger charge is 2.16. The summed E-state index contributed by atoms with van der Waals surface area (Å²) in [4.78, 5) is 14.9. The molecule has 0 fully saturated rings. The van der Waals surface area contributed by atoms with Gasteiger partial charge >= 0.3 is 0 Å². The summed E-state index contributed by atoms with van der Waals surface area (Å²) >= 11 is 5.30. The van der Waals surface area contributed by atoms with Crippen LogP contribution in [0.1, 0.15) is 26.0 Å². The van der Waals surface area contributed by atoms with Crippen molar-refractivity contribution in [1.29, 1.82) is 0 Å². The van der Waals surface area contributed by atoms with Crippen LogP contribution in [0.25, 0.3) is 11.2 Å². The Balaban J connectivity index is 2.46. The van der Waals surface area contributed by atoms with Crippen molar-refractivity contribution in [2.75, 3.05) is 6.54 Å². The first-order valence-electron chi connectivity index (χ1n) is 6.49. The molecular formula is C12H19N5OS. The number of hydrogen-bond donors (Lipinski definition) is 2. The number of hydrogen-bond acceptors (Lipinski definition) is 3. The van der Waals surface area contributed by atoms with Crippen LogP contribution in [0, 0.1) is 4.77 Å². The Morgan fingerprint density at radius 1 is 1.47 bits per heavy atom. The highest BCUT2D eigenvalue weighted by Crippen LogP contribution is 2.18. The summed E-state index contributed by atoms with van der Waals surface area (Å²) in [7, 11) is 1.87. The molecule has 0 aromatic carbocycles. The summed E-state index contributed by atoms with van der Waals surface area (Å²) in [6.07, 6.45) is 1.92. The summed E-state index contributed by atoms with van der Waals surface area (Å²) in [5, 5.41) is 7.26. The molecule has 6 nitrogen and oxygen atoms in total. The molecule has 2 heterocycles. The van der Waals surface area contributed by atoms with Crippen molar-refractivity contribution >= 4 is 29.3 Å². The highest BCUT2D eigenvalue weighted by molar-refractivity contribution is 7.71. The van der Waals surface area contributed by atoms with Gasteiger partial charge in [-0.2, -0.15) is 5.10 Å². The van der Waals surface area contributed by atoms with E-state index in [9.17, 15) is 4.79 Å². The van der Waals surface area contributed by atoms with Crippen LogP contribution in [0.4, 0.5) is 0 Å². The van der Waals surface area contributed by atoms with Gasteiger partial charge in [-0.05, 0) is 25.6 Å². The molecule has 0 radical (unpaired) electrons. The first kappa shape index (κ1) is 13.8. The molecule has 2 rings (SSSR count). The second-order valence-corrected chi connectivity index (χ2v) is 4.88. The van der Waals surface area contributed by atoms with Gasteiger partial charge in [0.25, 0.3) is 0 Å². The fraction of sp³-hybridized carbons (Fsp3) is 0.583. The maximum absolute atomic E-state index is 11.7. The Hall–Kier alpha value is -1.63. The van der Waals surface area contributed by atoms with Gasteiger partial charge in [0.1, 0.15) is 12.1 Å². The van der Waals surface area contributed by atoms with Gasteiger partial charge in [0.15, 0.2) is 10.4 Å². The third-order valence-electron chi connectivity index (χ3n) is 2.98. The van der Waals surface area contributed by atoms with Crippen LogP contribution in [0.15, 0.2) is 0 Å². The predicted octanol–water partition coefficient (Wildman–Crippen LogP) is 1.52. The summed E-state index contributed by atoms with van der Waals surface area (Å²) < 4.78 is 4.14. The van der Waals surface area contributed by atoms with Crippen LogP contribution in [-0.2, 0) is 24.8 Å². The Morgan fingerprint density at radius 2 is 2.21 bits per heavy atom. The van der Waals surface area contributed by atoms with Crippen molar-refractivity contribution in [2.45, 2.75) is 33.2 Å². The quantitative estimate of drug-likeness (QED) is 0.817. The van der Waals surface area contributed by atoms with E-state index >= 15 is 0 Å². The average Bonchev–Trinajstić information content (AvgIpc) is 2.81. The van der Waals surface area contributed by atoms with E-state index in [1.807, 2.05) is 14.0 Å². The molecule has 0 unspecified atom stereocenters. The zero-order valence-corrected chi connectivity index (χ0v) is 12.3. The lowest BCUT2D eigenvalue weighted by Gasteiger charge is -2.04. The second kappa shape index (κ2) is 5.56. The van der Waals surface area contributed by atoms with Gasteiger partial charge in [0.05, 0.1) is 5.69 Å². The number of imidazole rings is 1. The number of nitrogens with zero attached hydrogens (tertiary/aromatic N) is 3. The van der Waals surface area contributed by atoms with Crippen molar-refractivity contribution in [3.63, 3.8) is 0 Å². The van der Waals surface area contributed by atoms with Gasteiger partial charge in [-0.3, -0.25) is 14.0 Å². The summed E-state index contributed by atoms with van der Waals surface area (Å²) in [6.45, 7) is 4.85. The van der Waals surface area contributed by atoms with Crippen LogP contribution in [0.2, 0.25) is 0 Å². The Labute approximate surface area is 116 Å². The topological polar surface area (TPSA) is 67.6 Å². The zero-order chi connectivity index (χ0) is 14.0. The molecule has 2 aromatic heterocycles. The number of amides is 1. The van der Waals surface area contributed by atoms with Gasteiger partial charge in [0, 0.05) is 13.6 Å². The van der Waals surface area contributed by atoms with E-state index in [0.717, 1.165) is 29.7 Å². The molecule has 0 saturated carbocycles. The molecule has 0 saturated heterocycles. The molecule has 104 valence electrons. The number of aromatic amines is 1. The minimum absolute atomic E-state index is 0.0438. The predicted molar refractivity (Wildman–Crippen MR) is 76.6 cm³/mol.